The van der Waals surface area contributed by atoms with E-state index in [1.54, 1.807) is 40.9 Å². The van der Waals surface area contributed by atoms with Gasteiger partial charge in [-0.3, -0.25) is 9.78 Å². The molecule has 2 aliphatic heterocycles. The Morgan fingerprint density at radius 2 is 2.06 bits per heavy atom. The molecule has 1 unspecified atom stereocenters. The molecule has 4 heterocycles. The third-order valence-electron chi connectivity index (χ3n) is 6.85. The monoisotopic (exact) mass is 482 g/mol. The van der Waals surface area contributed by atoms with Crippen molar-refractivity contribution in [1.82, 2.24) is 19.2 Å². The topological polar surface area (TPSA) is 83.5 Å². The van der Waals surface area contributed by atoms with E-state index in [9.17, 15) is 13.2 Å². The molecule has 1 aromatic carbocycles. The minimum Gasteiger partial charge on any atom is -0.332 e. The van der Waals surface area contributed by atoms with E-state index in [2.05, 4.69) is 16.5 Å². The van der Waals surface area contributed by atoms with Gasteiger partial charge >= 0.3 is 0 Å². The van der Waals surface area contributed by atoms with Crippen LogP contribution in [0.5, 0.6) is 0 Å². The van der Waals surface area contributed by atoms with Gasteiger partial charge in [-0.2, -0.15) is 4.31 Å². The Hall–Kier alpha value is -2.62. The summed E-state index contributed by atoms with van der Waals surface area (Å²) in [5.41, 5.74) is 3.26. The third-order valence-corrected chi connectivity index (χ3v) is 9.57. The van der Waals surface area contributed by atoms with Crippen molar-refractivity contribution in [2.45, 2.75) is 49.2 Å². The first kappa shape index (κ1) is 22.2. The standard InChI is InChI=1S/C24H26N4O3S2/c1-3-17-14-27(16(2)19-7-4-5-12-25-19)24(29)22-9-6-8-21(17)28(22)33(30,31)18-10-11-20-23(13-18)32-15-26-20/h3-5,7,10-13,15-17,21-22H,1,6,8-9,14H2,2H3/t16?,17-,21+,22-/m0/s1. The molecule has 172 valence electrons. The van der Waals surface area contributed by atoms with E-state index < -0.39 is 16.1 Å². The van der Waals surface area contributed by atoms with Crippen molar-refractivity contribution in [3.8, 4) is 0 Å². The first-order valence-corrected chi connectivity index (χ1v) is 13.4. The first-order chi connectivity index (χ1) is 15.9. The van der Waals surface area contributed by atoms with Crippen LogP contribution in [0.2, 0.25) is 0 Å². The summed E-state index contributed by atoms with van der Waals surface area (Å²) in [7, 11) is -3.90. The number of carbonyl (C=O) groups excluding carboxylic acids is 1. The Morgan fingerprint density at radius 3 is 2.82 bits per heavy atom. The smallest absolute Gasteiger partial charge is 0.244 e. The number of sulfonamides is 1. The number of benzene rings is 1. The molecule has 9 heteroatoms. The molecule has 0 N–H and O–H groups in total. The summed E-state index contributed by atoms with van der Waals surface area (Å²) in [5, 5.41) is 0. The van der Waals surface area contributed by atoms with Crippen molar-refractivity contribution in [2.24, 2.45) is 5.92 Å². The molecular weight excluding hydrogens is 456 g/mol. The van der Waals surface area contributed by atoms with Crippen LogP contribution in [0.3, 0.4) is 0 Å². The molecule has 2 bridgehead atoms. The van der Waals surface area contributed by atoms with Crippen LogP contribution < -0.4 is 0 Å². The summed E-state index contributed by atoms with van der Waals surface area (Å²) < 4.78 is 30.2. The number of rotatable bonds is 5. The second kappa shape index (κ2) is 8.62. The minimum absolute atomic E-state index is 0.162. The van der Waals surface area contributed by atoms with Crippen molar-refractivity contribution in [3.05, 3.63) is 66.5 Å². The number of hydrogen-bond acceptors (Lipinski definition) is 6. The van der Waals surface area contributed by atoms with Crippen LogP contribution in [-0.4, -0.2) is 52.1 Å². The lowest BCUT2D eigenvalue weighted by atomic mass is 9.90. The van der Waals surface area contributed by atoms with Crippen LogP contribution in [0.1, 0.15) is 37.9 Å². The predicted molar refractivity (Wildman–Crippen MR) is 128 cm³/mol. The highest BCUT2D eigenvalue weighted by Gasteiger charge is 2.50. The van der Waals surface area contributed by atoms with Crippen LogP contribution in [-0.2, 0) is 14.8 Å². The molecule has 2 aromatic heterocycles. The SMILES string of the molecule is C=C[C@H]1CN(C(C)c2ccccn2)C(=O)[C@@H]2CCC[C@H]1N2S(=O)(=O)c1ccc2ncsc2c1. The maximum absolute atomic E-state index is 14.0. The van der Waals surface area contributed by atoms with Gasteiger partial charge in [0, 0.05) is 24.7 Å². The molecule has 7 nitrogen and oxygen atoms in total. The molecule has 4 atom stereocenters. The van der Waals surface area contributed by atoms with E-state index in [-0.39, 0.29) is 28.8 Å². The normalized spacial score (nSPS) is 25.1. The van der Waals surface area contributed by atoms with Crippen molar-refractivity contribution in [3.63, 3.8) is 0 Å². The minimum atomic E-state index is -3.90. The van der Waals surface area contributed by atoms with Gasteiger partial charge in [0.15, 0.2) is 0 Å². The zero-order chi connectivity index (χ0) is 23.2. The van der Waals surface area contributed by atoms with Gasteiger partial charge < -0.3 is 4.90 Å². The van der Waals surface area contributed by atoms with Gasteiger partial charge in [-0.05, 0) is 56.5 Å². The number of nitrogens with zero attached hydrogens (tertiary/aromatic N) is 4. The number of carbonyl (C=O) groups is 1. The molecule has 2 saturated heterocycles. The van der Waals surface area contributed by atoms with Crippen molar-refractivity contribution >= 4 is 37.5 Å². The van der Waals surface area contributed by atoms with Crippen LogP contribution in [0, 0.1) is 5.92 Å². The molecular formula is C24H26N4O3S2. The molecule has 2 aliphatic rings. The Bertz CT molecular complexity index is 1290. The van der Waals surface area contributed by atoms with Crippen LogP contribution in [0.25, 0.3) is 10.2 Å². The van der Waals surface area contributed by atoms with Crippen molar-refractivity contribution < 1.29 is 13.2 Å². The van der Waals surface area contributed by atoms with Crippen molar-refractivity contribution in [1.29, 1.82) is 0 Å². The molecule has 0 aliphatic carbocycles. The highest BCUT2D eigenvalue weighted by molar-refractivity contribution is 7.89. The van der Waals surface area contributed by atoms with Gasteiger partial charge in [-0.15, -0.1) is 17.9 Å². The van der Waals surface area contributed by atoms with Crippen LogP contribution >= 0.6 is 11.3 Å². The van der Waals surface area contributed by atoms with Gasteiger partial charge in [0.1, 0.15) is 6.04 Å². The molecule has 2 fully saturated rings. The number of hydrogen-bond donors (Lipinski definition) is 0. The van der Waals surface area contributed by atoms with E-state index in [0.29, 0.717) is 19.4 Å². The Morgan fingerprint density at radius 1 is 1.21 bits per heavy atom. The lowest BCUT2D eigenvalue weighted by Gasteiger charge is -2.40. The summed E-state index contributed by atoms with van der Waals surface area (Å²) in [6.07, 6.45) is 5.53. The van der Waals surface area contributed by atoms with Gasteiger partial charge in [0.2, 0.25) is 15.9 Å². The van der Waals surface area contributed by atoms with Crippen LogP contribution in [0.15, 0.2) is 65.7 Å². The summed E-state index contributed by atoms with van der Waals surface area (Å²) in [4.78, 5) is 24.5. The van der Waals surface area contributed by atoms with E-state index >= 15 is 0 Å². The summed E-state index contributed by atoms with van der Waals surface area (Å²) in [5.74, 6) is -0.336. The van der Waals surface area contributed by atoms with Gasteiger partial charge in [-0.25, -0.2) is 13.4 Å². The number of piperidine rings is 1. The maximum Gasteiger partial charge on any atom is 0.244 e. The summed E-state index contributed by atoms with van der Waals surface area (Å²) in [6, 6.07) is 9.33. The number of thiazole rings is 1. The number of fused-ring (bicyclic) bond motifs is 3. The molecule has 0 spiro atoms. The molecule has 5 rings (SSSR count). The quantitative estimate of drug-likeness (QED) is 0.513. The van der Waals surface area contributed by atoms with Gasteiger partial charge in [0.25, 0.3) is 0 Å². The second-order valence-corrected chi connectivity index (χ2v) is 11.4. The van der Waals surface area contributed by atoms with E-state index in [0.717, 1.165) is 22.3 Å². The third kappa shape index (κ3) is 3.78. The fourth-order valence-corrected chi connectivity index (χ4v) is 7.79. The fraction of sp³-hybridized carbons (Fsp3) is 0.375. The maximum atomic E-state index is 14.0. The highest BCUT2D eigenvalue weighted by atomic mass is 32.2. The summed E-state index contributed by atoms with van der Waals surface area (Å²) in [6.45, 7) is 6.37. The average molecular weight is 483 g/mol. The first-order valence-electron chi connectivity index (χ1n) is 11.1. The Kier molecular flexibility index (Phi) is 5.80. The van der Waals surface area contributed by atoms with Crippen molar-refractivity contribution in [2.75, 3.05) is 6.54 Å². The molecule has 0 radical (unpaired) electrons. The average Bonchev–Trinajstić information content (AvgIpc) is 3.30. The fourth-order valence-electron chi connectivity index (χ4n) is 5.10. The number of aromatic nitrogens is 2. The molecule has 3 aromatic rings. The number of pyridine rings is 1. The lowest BCUT2D eigenvalue weighted by molar-refractivity contribution is -0.137. The molecule has 33 heavy (non-hydrogen) atoms. The molecule has 0 saturated carbocycles. The predicted octanol–water partition coefficient (Wildman–Crippen LogP) is 4.01. The Labute approximate surface area is 197 Å². The lowest BCUT2D eigenvalue weighted by Crippen LogP contribution is -2.54. The van der Waals surface area contributed by atoms with Crippen LogP contribution in [0.4, 0.5) is 0 Å². The highest BCUT2D eigenvalue weighted by Crippen LogP contribution is 2.39. The zero-order valence-corrected chi connectivity index (χ0v) is 20.0. The van der Waals surface area contributed by atoms with Gasteiger partial charge in [0.05, 0.1) is 32.4 Å². The van der Waals surface area contributed by atoms with E-state index in [4.69, 9.17) is 0 Å². The number of amides is 1. The van der Waals surface area contributed by atoms with E-state index in [1.165, 1.54) is 15.6 Å². The Balaban J connectivity index is 1.58. The summed E-state index contributed by atoms with van der Waals surface area (Å²) >= 11 is 1.40. The zero-order valence-electron chi connectivity index (χ0n) is 18.4. The second-order valence-electron chi connectivity index (χ2n) is 8.65. The van der Waals surface area contributed by atoms with E-state index in [1.807, 2.05) is 25.1 Å². The van der Waals surface area contributed by atoms with Gasteiger partial charge in [-0.1, -0.05) is 12.1 Å². The molecule has 1 amide bonds. The largest absolute Gasteiger partial charge is 0.332 e.